The van der Waals surface area contributed by atoms with Gasteiger partial charge in [0.1, 0.15) is 5.76 Å². The molecule has 0 saturated carbocycles. The van der Waals surface area contributed by atoms with Gasteiger partial charge >= 0.3 is 0 Å². The predicted molar refractivity (Wildman–Crippen MR) is 136 cm³/mol. The fraction of sp³-hybridized carbons (Fsp3) is 0.296. The Kier molecular flexibility index (Phi) is 8.60. The van der Waals surface area contributed by atoms with Gasteiger partial charge < -0.3 is 15.1 Å². The van der Waals surface area contributed by atoms with E-state index in [1.54, 1.807) is 36.6 Å². The van der Waals surface area contributed by atoms with E-state index in [1.807, 2.05) is 30.3 Å². The number of carbonyl (C=O) groups is 2. The van der Waals surface area contributed by atoms with E-state index in [4.69, 9.17) is 9.68 Å². The van der Waals surface area contributed by atoms with Crippen LogP contribution in [0.4, 0.5) is 5.69 Å². The molecule has 180 valence electrons. The van der Waals surface area contributed by atoms with E-state index in [-0.39, 0.29) is 23.6 Å². The van der Waals surface area contributed by atoms with Crippen molar-refractivity contribution in [2.45, 2.75) is 30.2 Å². The number of rotatable bonds is 9. The minimum atomic E-state index is -0.205. The van der Waals surface area contributed by atoms with Crippen molar-refractivity contribution in [2.75, 3.05) is 30.7 Å². The molecule has 0 bridgehead atoms. The molecule has 1 aliphatic heterocycles. The lowest BCUT2D eigenvalue weighted by Crippen LogP contribution is -2.40. The van der Waals surface area contributed by atoms with Gasteiger partial charge in [-0.25, -0.2) is 0 Å². The number of nitrogens with zero attached hydrogens (tertiary/aromatic N) is 2. The minimum Gasteiger partial charge on any atom is -0.468 e. The quantitative estimate of drug-likeness (QED) is 0.418. The molecule has 0 radical (unpaired) electrons. The maximum atomic E-state index is 13.1. The van der Waals surface area contributed by atoms with E-state index in [0.717, 1.165) is 36.6 Å². The van der Waals surface area contributed by atoms with E-state index in [1.165, 1.54) is 18.2 Å². The van der Waals surface area contributed by atoms with Gasteiger partial charge in [-0.3, -0.25) is 14.5 Å². The van der Waals surface area contributed by atoms with Gasteiger partial charge in [0.05, 0.1) is 35.3 Å². The highest BCUT2D eigenvalue weighted by molar-refractivity contribution is 8.00. The molecule has 0 aliphatic carbocycles. The third kappa shape index (κ3) is 6.75. The second-order valence-electron chi connectivity index (χ2n) is 8.36. The Morgan fingerprint density at radius 2 is 1.89 bits per heavy atom. The molecule has 1 aliphatic rings. The van der Waals surface area contributed by atoms with Crippen LogP contribution >= 0.6 is 11.8 Å². The molecule has 1 fully saturated rings. The lowest BCUT2D eigenvalue weighted by atomic mass is 10.1. The van der Waals surface area contributed by atoms with Crippen LogP contribution in [0, 0.1) is 11.3 Å². The summed E-state index contributed by atoms with van der Waals surface area (Å²) in [6, 6.07) is 19.9. The number of benzene rings is 2. The van der Waals surface area contributed by atoms with Gasteiger partial charge in [-0.2, -0.15) is 5.26 Å². The van der Waals surface area contributed by atoms with Crippen LogP contribution in [-0.2, 0) is 4.79 Å². The normalized spacial score (nSPS) is 14.6. The molecular formula is C27H28N4O3S. The molecule has 1 aromatic heterocycles. The first-order valence-electron chi connectivity index (χ1n) is 11.7. The summed E-state index contributed by atoms with van der Waals surface area (Å²) >= 11 is 1.31. The van der Waals surface area contributed by atoms with Crippen molar-refractivity contribution in [2.24, 2.45) is 0 Å². The Balaban J connectivity index is 1.37. The molecule has 1 saturated heterocycles. The Bertz CT molecular complexity index is 1180. The maximum Gasteiger partial charge on any atom is 0.252 e. The number of anilines is 1. The molecule has 2 amide bonds. The molecule has 2 N–H and O–H groups in total. The first-order chi connectivity index (χ1) is 17.1. The summed E-state index contributed by atoms with van der Waals surface area (Å²) in [5, 5.41) is 14.9. The second kappa shape index (κ2) is 12.2. The van der Waals surface area contributed by atoms with Crippen LogP contribution in [0.2, 0.25) is 0 Å². The molecule has 2 aromatic carbocycles. The Morgan fingerprint density at radius 3 is 2.66 bits per heavy atom. The van der Waals surface area contributed by atoms with Crippen molar-refractivity contribution >= 4 is 29.3 Å². The summed E-state index contributed by atoms with van der Waals surface area (Å²) in [6.45, 7) is 2.42. The van der Waals surface area contributed by atoms with Gasteiger partial charge in [-0.05, 0) is 68.4 Å². The zero-order valence-corrected chi connectivity index (χ0v) is 20.2. The molecule has 7 nitrogen and oxygen atoms in total. The number of carbonyl (C=O) groups excluding carboxylic acids is 2. The van der Waals surface area contributed by atoms with Gasteiger partial charge in [0.25, 0.3) is 5.91 Å². The summed E-state index contributed by atoms with van der Waals surface area (Å²) in [4.78, 5) is 28.7. The van der Waals surface area contributed by atoms with Crippen LogP contribution in [0.5, 0.6) is 0 Å². The third-order valence-electron chi connectivity index (χ3n) is 5.92. The number of furan rings is 1. The van der Waals surface area contributed by atoms with Crippen LogP contribution in [0.3, 0.4) is 0 Å². The van der Waals surface area contributed by atoms with Crippen molar-refractivity contribution in [3.05, 3.63) is 83.8 Å². The smallest absolute Gasteiger partial charge is 0.252 e. The maximum absolute atomic E-state index is 13.1. The van der Waals surface area contributed by atoms with Crippen molar-refractivity contribution < 1.29 is 14.0 Å². The molecule has 4 rings (SSSR count). The third-order valence-corrected chi connectivity index (χ3v) is 7.00. The van der Waals surface area contributed by atoms with Crippen molar-refractivity contribution in [1.29, 1.82) is 5.26 Å². The first kappa shape index (κ1) is 24.6. The number of likely N-dealkylation sites (tertiary alicyclic amines) is 1. The number of piperidine rings is 1. The van der Waals surface area contributed by atoms with Gasteiger partial charge in [-0.15, -0.1) is 11.8 Å². The molecule has 0 spiro atoms. The fourth-order valence-corrected chi connectivity index (χ4v) is 5.04. The first-order valence-corrected chi connectivity index (χ1v) is 12.7. The highest BCUT2D eigenvalue weighted by atomic mass is 32.2. The van der Waals surface area contributed by atoms with Gasteiger partial charge in [0, 0.05) is 17.1 Å². The average molecular weight is 489 g/mol. The van der Waals surface area contributed by atoms with E-state index in [2.05, 4.69) is 21.6 Å². The Hall–Kier alpha value is -3.54. The highest BCUT2D eigenvalue weighted by Gasteiger charge is 2.25. The highest BCUT2D eigenvalue weighted by Crippen LogP contribution is 2.26. The average Bonchev–Trinajstić information content (AvgIpc) is 3.43. The molecule has 35 heavy (non-hydrogen) atoms. The van der Waals surface area contributed by atoms with E-state index in [0.29, 0.717) is 23.4 Å². The minimum absolute atomic E-state index is 0.0102. The molecule has 8 heteroatoms. The standard InChI is InChI=1S/C27H28N4O3S/c28-17-20-8-6-9-21(16-20)30-26(32)19-35-25-12-3-2-10-22(25)27(33)29-18-23(24-11-7-15-34-24)31-13-4-1-5-14-31/h2-3,6-12,15-16,23H,1,4-5,13-14,18-19H2,(H,29,33)(H,30,32). The van der Waals surface area contributed by atoms with Crippen LogP contribution in [0.25, 0.3) is 0 Å². The molecule has 2 heterocycles. The SMILES string of the molecule is N#Cc1cccc(NC(=O)CSc2ccccc2C(=O)NCC(c2ccco2)N2CCCCC2)c1. The largest absolute Gasteiger partial charge is 0.468 e. The van der Waals surface area contributed by atoms with E-state index >= 15 is 0 Å². The van der Waals surface area contributed by atoms with E-state index < -0.39 is 0 Å². The van der Waals surface area contributed by atoms with E-state index in [9.17, 15) is 9.59 Å². The summed E-state index contributed by atoms with van der Waals surface area (Å²) < 4.78 is 5.68. The summed E-state index contributed by atoms with van der Waals surface area (Å²) in [5.41, 5.74) is 1.59. The van der Waals surface area contributed by atoms with Gasteiger partial charge in [0.15, 0.2) is 0 Å². The number of hydrogen-bond acceptors (Lipinski definition) is 6. The zero-order valence-electron chi connectivity index (χ0n) is 19.4. The Morgan fingerprint density at radius 1 is 1.06 bits per heavy atom. The monoisotopic (exact) mass is 488 g/mol. The van der Waals surface area contributed by atoms with Crippen LogP contribution in [0.15, 0.2) is 76.2 Å². The molecule has 3 aromatic rings. The van der Waals surface area contributed by atoms with Gasteiger partial charge in [-0.1, -0.05) is 24.6 Å². The topological polar surface area (TPSA) is 98.4 Å². The lowest BCUT2D eigenvalue weighted by molar-refractivity contribution is -0.113. The lowest BCUT2D eigenvalue weighted by Gasteiger charge is -2.33. The van der Waals surface area contributed by atoms with Crippen molar-refractivity contribution in [1.82, 2.24) is 10.2 Å². The Labute approximate surface area is 209 Å². The molecule has 1 atom stereocenters. The fourth-order valence-electron chi connectivity index (χ4n) is 4.19. The number of amides is 2. The van der Waals surface area contributed by atoms with Gasteiger partial charge in [0.2, 0.25) is 5.91 Å². The number of nitrogens with one attached hydrogen (secondary N) is 2. The molecule has 1 unspecified atom stereocenters. The summed E-state index contributed by atoms with van der Waals surface area (Å²) in [7, 11) is 0. The van der Waals surface area contributed by atoms with Crippen molar-refractivity contribution in [3.8, 4) is 6.07 Å². The second-order valence-corrected chi connectivity index (χ2v) is 9.38. The number of hydrogen-bond donors (Lipinski definition) is 2. The zero-order chi connectivity index (χ0) is 24.5. The van der Waals surface area contributed by atoms with Crippen LogP contribution < -0.4 is 10.6 Å². The number of thioether (sulfide) groups is 1. The predicted octanol–water partition coefficient (Wildman–Crippen LogP) is 4.84. The van der Waals surface area contributed by atoms with Crippen molar-refractivity contribution in [3.63, 3.8) is 0 Å². The van der Waals surface area contributed by atoms with Crippen LogP contribution in [-0.4, -0.2) is 42.1 Å². The summed E-state index contributed by atoms with van der Waals surface area (Å²) in [6.07, 6.45) is 5.19. The van der Waals surface area contributed by atoms with Crippen LogP contribution in [0.1, 0.15) is 47.0 Å². The molecular weight excluding hydrogens is 460 g/mol. The summed E-state index contributed by atoms with van der Waals surface area (Å²) in [5.74, 6) is 0.614. The number of nitriles is 1.